The lowest BCUT2D eigenvalue weighted by Crippen LogP contribution is -2.13. The third-order valence-corrected chi connectivity index (χ3v) is 4.02. The molecular formula is C17H14BrN5O2. The standard InChI is InChI=1S/C17H14BrN5O2/c18-13-6-4-12(5-7-13)16(24)8-9-17(25)20-14-2-1-3-15(10-14)23-11-19-21-22-23/h1-7,10-11H,8-9H2,(H,20,25). The maximum atomic E-state index is 12.1. The highest BCUT2D eigenvalue weighted by atomic mass is 79.9. The number of nitrogens with zero attached hydrogens (tertiary/aromatic N) is 4. The molecule has 0 atom stereocenters. The van der Waals surface area contributed by atoms with E-state index in [0.29, 0.717) is 11.3 Å². The first-order valence-electron chi connectivity index (χ1n) is 7.54. The Morgan fingerprint density at radius 3 is 2.60 bits per heavy atom. The molecule has 1 amide bonds. The van der Waals surface area contributed by atoms with Crippen LogP contribution in [0.25, 0.3) is 5.69 Å². The molecule has 0 aliphatic heterocycles. The third kappa shape index (κ3) is 4.57. The zero-order valence-corrected chi connectivity index (χ0v) is 14.7. The smallest absolute Gasteiger partial charge is 0.224 e. The highest BCUT2D eigenvalue weighted by Gasteiger charge is 2.10. The quantitative estimate of drug-likeness (QED) is 0.643. The first-order valence-corrected chi connectivity index (χ1v) is 8.33. The Balaban J connectivity index is 1.57. The van der Waals surface area contributed by atoms with Crippen LogP contribution in [0.1, 0.15) is 23.2 Å². The second-order valence-electron chi connectivity index (χ2n) is 5.28. The molecule has 3 rings (SSSR count). The van der Waals surface area contributed by atoms with Gasteiger partial charge in [-0.2, -0.15) is 0 Å². The van der Waals surface area contributed by atoms with Gasteiger partial charge in [0.1, 0.15) is 6.33 Å². The van der Waals surface area contributed by atoms with E-state index in [0.717, 1.165) is 10.2 Å². The summed E-state index contributed by atoms with van der Waals surface area (Å²) >= 11 is 3.32. The molecule has 0 fully saturated rings. The summed E-state index contributed by atoms with van der Waals surface area (Å²) in [6.45, 7) is 0. The van der Waals surface area contributed by atoms with Crippen LogP contribution in [0, 0.1) is 0 Å². The summed E-state index contributed by atoms with van der Waals surface area (Å²) in [7, 11) is 0. The molecule has 0 saturated carbocycles. The molecule has 2 aromatic carbocycles. The molecule has 0 aliphatic carbocycles. The van der Waals surface area contributed by atoms with Crippen molar-refractivity contribution in [3.8, 4) is 5.69 Å². The molecule has 0 unspecified atom stereocenters. The number of hydrogen-bond donors (Lipinski definition) is 1. The van der Waals surface area contributed by atoms with Crippen molar-refractivity contribution in [1.29, 1.82) is 0 Å². The molecule has 3 aromatic rings. The van der Waals surface area contributed by atoms with Crippen LogP contribution in [-0.2, 0) is 4.79 Å². The normalized spacial score (nSPS) is 10.4. The van der Waals surface area contributed by atoms with E-state index in [-0.39, 0.29) is 24.5 Å². The fourth-order valence-electron chi connectivity index (χ4n) is 2.24. The number of hydrogen-bond acceptors (Lipinski definition) is 5. The number of aromatic nitrogens is 4. The van der Waals surface area contributed by atoms with Crippen molar-refractivity contribution in [1.82, 2.24) is 20.2 Å². The van der Waals surface area contributed by atoms with E-state index in [4.69, 9.17) is 0 Å². The maximum absolute atomic E-state index is 12.1. The van der Waals surface area contributed by atoms with Crippen molar-refractivity contribution in [3.05, 3.63) is 64.9 Å². The summed E-state index contributed by atoms with van der Waals surface area (Å²) in [6, 6.07) is 14.2. The zero-order valence-electron chi connectivity index (χ0n) is 13.1. The Morgan fingerprint density at radius 2 is 1.88 bits per heavy atom. The number of Topliss-reactive ketones (excluding diaryl/α,β-unsaturated/α-hetero) is 1. The summed E-state index contributed by atoms with van der Waals surface area (Å²) in [5.74, 6) is -0.288. The van der Waals surface area contributed by atoms with Gasteiger partial charge < -0.3 is 5.32 Å². The van der Waals surface area contributed by atoms with E-state index in [1.807, 2.05) is 6.07 Å². The van der Waals surface area contributed by atoms with E-state index in [1.54, 1.807) is 42.5 Å². The van der Waals surface area contributed by atoms with Crippen LogP contribution in [0.4, 0.5) is 5.69 Å². The highest BCUT2D eigenvalue weighted by Crippen LogP contribution is 2.15. The van der Waals surface area contributed by atoms with Crippen LogP contribution in [0.3, 0.4) is 0 Å². The number of rotatable bonds is 6. The van der Waals surface area contributed by atoms with Crippen molar-refractivity contribution in [2.75, 3.05) is 5.32 Å². The Kier molecular flexibility index (Phi) is 5.30. The number of halogens is 1. The summed E-state index contributed by atoms with van der Waals surface area (Å²) in [5, 5.41) is 13.7. The van der Waals surface area contributed by atoms with Crippen LogP contribution in [0.5, 0.6) is 0 Å². The molecule has 7 nitrogen and oxygen atoms in total. The maximum Gasteiger partial charge on any atom is 0.224 e. The number of ketones is 1. The van der Waals surface area contributed by atoms with Gasteiger partial charge in [0, 0.05) is 28.6 Å². The van der Waals surface area contributed by atoms with Crippen molar-refractivity contribution < 1.29 is 9.59 Å². The Bertz CT molecular complexity index is 878. The van der Waals surface area contributed by atoms with E-state index in [2.05, 4.69) is 36.8 Å². The number of amides is 1. The van der Waals surface area contributed by atoms with E-state index in [9.17, 15) is 9.59 Å². The largest absolute Gasteiger partial charge is 0.326 e. The van der Waals surface area contributed by atoms with Gasteiger partial charge in [0.05, 0.1) is 5.69 Å². The minimum Gasteiger partial charge on any atom is -0.326 e. The highest BCUT2D eigenvalue weighted by molar-refractivity contribution is 9.10. The monoisotopic (exact) mass is 399 g/mol. The van der Waals surface area contributed by atoms with Gasteiger partial charge in [0.2, 0.25) is 5.91 Å². The average molecular weight is 400 g/mol. The van der Waals surface area contributed by atoms with E-state index in [1.165, 1.54) is 11.0 Å². The fourth-order valence-corrected chi connectivity index (χ4v) is 2.50. The van der Waals surface area contributed by atoms with Gasteiger partial charge in [0.25, 0.3) is 0 Å². The SMILES string of the molecule is O=C(CCC(=O)c1ccc(Br)cc1)Nc1cccc(-n2cnnn2)c1. The molecule has 0 spiro atoms. The van der Waals surface area contributed by atoms with Crippen molar-refractivity contribution in [2.45, 2.75) is 12.8 Å². The number of carbonyl (C=O) groups excluding carboxylic acids is 2. The molecular weight excluding hydrogens is 386 g/mol. The second-order valence-corrected chi connectivity index (χ2v) is 6.20. The number of carbonyl (C=O) groups is 2. The minimum atomic E-state index is -0.223. The van der Waals surface area contributed by atoms with Gasteiger partial charge in [-0.05, 0) is 40.8 Å². The molecule has 0 bridgehead atoms. The van der Waals surface area contributed by atoms with Crippen molar-refractivity contribution >= 4 is 33.3 Å². The van der Waals surface area contributed by atoms with Crippen molar-refractivity contribution in [2.24, 2.45) is 0 Å². The van der Waals surface area contributed by atoms with E-state index >= 15 is 0 Å². The topological polar surface area (TPSA) is 89.8 Å². The van der Waals surface area contributed by atoms with Gasteiger partial charge in [-0.25, -0.2) is 4.68 Å². The molecule has 0 radical (unpaired) electrons. The van der Waals surface area contributed by atoms with Crippen LogP contribution in [0.15, 0.2) is 59.3 Å². The predicted octanol–water partition coefficient (Wildman–Crippen LogP) is 3.03. The van der Waals surface area contributed by atoms with Crippen LogP contribution >= 0.6 is 15.9 Å². The molecule has 0 saturated heterocycles. The van der Waals surface area contributed by atoms with Gasteiger partial charge in [-0.15, -0.1) is 5.10 Å². The molecule has 1 heterocycles. The van der Waals surface area contributed by atoms with E-state index < -0.39 is 0 Å². The Hall–Kier alpha value is -2.87. The number of benzene rings is 2. The zero-order chi connectivity index (χ0) is 17.6. The second kappa shape index (κ2) is 7.80. The number of nitrogens with one attached hydrogen (secondary N) is 1. The summed E-state index contributed by atoms with van der Waals surface area (Å²) in [6.07, 6.45) is 1.74. The third-order valence-electron chi connectivity index (χ3n) is 3.49. The van der Waals surface area contributed by atoms with Crippen LogP contribution < -0.4 is 5.32 Å². The molecule has 25 heavy (non-hydrogen) atoms. The number of tetrazole rings is 1. The average Bonchev–Trinajstić information content (AvgIpc) is 3.15. The lowest BCUT2D eigenvalue weighted by atomic mass is 10.1. The molecule has 1 N–H and O–H groups in total. The fraction of sp³-hybridized carbons (Fsp3) is 0.118. The van der Waals surface area contributed by atoms with Crippen LogP contribution in [0.2, 0.25) is 0 Å². The summed E-state index contributed by atoms with van der Waals surface area (Å²) < 4.78 is 2.40. The lowest BCUT2D eigenvalue weighted by Gasteiger charge is -2.07. The minimum absolute atomic E-state index is 0.0647. The Morgan fingerprint density at radius 1 is 1.08 bits per heavy atom. The van der Waals surface area contributed by atoms with Crippen molar-refractivity contribution in [3.63, 3.8) is 0 Å². The molecule has 1 aromatic heterocycles. The lowest BCUT2D eigenvalue weighted by molar-refractivity contribution is -0.116. The van der Waals surface area contributed by atoms with Gasteiger partial charge in [-0.1, -0.05) is 34.1 Å². The Labute approximate surface area is 152 Å². The first-order chi connectivity index (χ1) is 12.1. The summed E-state index contributed by atoms with van der Waals surface area (Å²) in [5.41, 5.74) is 1.94. The molecule has 126 valence electrons. The molecule has 0 aliphatic rings. The molecule has 8 heteroatoms. The predicted molar refractivity (Wildman–Crippen MR) is 95.5 cm³/mol. The number of anilines is 1. The first kappa shape index (κ1) is 17.0. The van der Waals surface area contributed by atoms with Gasteiger partial charge in [0.15, 0.2) is 5.78 Å². The van der Waals surface area contributed by atoms with Gasteiger partial charge in [-0.3, -0.25) is 9.59 Å². The summed E-state index contributed by atoms with van der Waals surface area (Å²) in [4.78, 5) is 24.2. The van der Waals surface area contributed by atoms with Crippen LogP contribution in [-0.4, -0.2) is 31.9 Å². The van der Waals surface area contributed by atoms with Gasteiger partial charge >= 0.3 is 0 Å².